The van der Waals surface area contributed by atoms with Gasteiger partial charge in [-0.25, -0.2) is 0 Å². The van der Waals surface area contributed by atoms with Gasteiger partial charge in [0.15, 0.2) is 5.78 Å². The Hall–Kier alpha value is -3.66. The molecule has 1 N–H and O–H groups in total. The third-order valence-corrected chi connectivity index (χ3v) is 8.55. The third kappa shape index (κ3) is 7.01. The Morgan fingerprint density at radius 3 is 2.02 bits per heavy atom. The minimum absolute atomic E-state index is 0. The molecule has 1 heterocycles. The van der Waals surface area contributed by atoms with Crippen LogP contribution in [0.3, 0.4) is 0 Å². The van der Waals surface area contributed by atoms with Crippen LogP contribution in [0.15, 0.2) is 89.5 Å². The minimum atomic E-state index is -9.85. The summed E-state index contributed by atoms with van der Waals surface area (Å²) in [4.78, 5) is 18.5. The molecular formula is C35H32F5IrN2O2S-. The number of carbonyl (C=O) groups is 1. The van der Waals surface area contributed by atoms with Crippen molar-refractivity contribution in [3.63, 3.8) is 0 Å². The van der Waals surface area contributed by atoms with E-state index in [0.29, 0.717) is 33.9 Å². The fraction of sp³-hybridized carbons (Fsp3) is 0.229. The Morgan fingerprint density at radius 1 is 0.761 bits per heavy atom. The number of hydrogen-bond donors (Lipinski definition) is 1. The molecular weight excluding hydrogens is 800 g/mol. The number of hydrogen-bond acceptors (Lipinski definition) is 4. The molecule has 1 radical (unpaired) electrons. The molecule has 0 amide bonds. The standard InChI is InChI=1S/C24H12F5N2S.C11H20O2.Ir/c25-32(26,27,28,29)15-10-12-20-21(13-15)31-24-22-16-6-2-1-5-14(16)9-11-18(22)17-7-3-4-8-19(17)23(24)30-20;1-10(2,3)8(12)7-9(13)11(4,5)6;/h1-7,9-13H;7,12H,1-6H3;/q-1;;/b;8-7-;. The maximum atomic E-state index is 13.4. The molecule has 0 saturated heterocycles. The first kappa shape index (κ1) is 35.2. The number of aromatic nitrogens is 2. The number of allylic oxidation sites excluding steroid dienone is 2. The van der Waals surface area contributed by atoms with Gasteiger partial charge in [-0.2, -0.15) is 0 Å². The monoisotopic (exact) mass is 832 g/mol. The van der Waals surface area contributed by atoms with Crippen molar-refractivity contribution in [3.05, 3.63) is 90.7 Å². The van der Waals surface area contributed by atoms with Crippen LogP contribution in [0, 0.1) is 16.9 Å². The summed E-state index contributed by atoms with van der Waals surface area (Å²) in [5, 5.41) is 14.4. The zero-order valence-electron chi connectivity index (χ0n) is 25.9. The smallest absolute Gasteiger partial charge is 0.310 e. The van der Waals surface area contributed by atoms with Crippen LogP contribution in [-0.2, 0) is 24.9 Å². The number of aliphatic hydroxyl groups excluding tert-OH is 1. The zero-order valence-corrected chi connectivity index (χ0v) is 29.1. The molecule has 46 heavy (non-hydrogen) atoms. The van der Waals surface area contributed by atoms with Crippen LogP contribution in [0.25, 0.3) is 54.4 Å². The first-order valence-corrected chi connectivity index (χ1v) is 16.0. The number of fused-ring (bicyclic) bond motifs is 9. The number of aliphatic hydroxyl groups is 1. The van der Waals surface area contributed by atoms with Gasteiger partial charge in [0, 0.05) is 42.5 Å². The first-order valence-electron chi connectivity index (χ1n) is 14.1. The normalized spacial score (nSPS) is 14.5. The van der Waals surface area contributed by atoms with Gasteiger partial charge < -0.3 is 5.11 Å². The van der Waals surface area contributed by atoms with Crippen molar-refractivity contribution in [2.24, 2.45) is 10.8 Å². The summed E-state index contributed by atoms with van der Waals surface area (Å²) in [7, 11) is -9.85. The van der Waals surface area contributed by atoms with Crippen molar-refractivity contribution in [2.75, 3.05) is 0 Å². The van der Waals surface area contributed by atoms with Crippen LogP contribution in [0.2, 0.25) is 0 Å². The molecule has 0 saturated carbocycles. The fourth-order valence-corrected chi connectivity index (χ4v) is 5.45. The molecule has 0 atom stereocenters. The SMILES string of the molecule is CC(C)(C)C(=O)/C=C(\O)C(C)(C)C.FS(F)(F)(F)(F)c1ccc2nc3c4[c-]cccc4c4ccc5ccccc5c4c3nc2c1.[Ir]. The molecule has 4 nitrogen and oxygen atoms in total. The van der Waals surface area contributed by atoms with E-state index in [1.54, 1.807) is 6.07 Å². The average molecular weight is 832 g/mol. The Bertz CT molecular complexity index is 2200. The number of benzene rings is 5. The van der Waals surface area contributed by atoms with E-state index < -0.39 is 20.5 Å². The van der Waals surface area contributed by atoms with Gasteiger partial charge in [0.25, 0.3) is 0 Å². The molecule has 1 aromatic heterocycles. The van der Waals surface area contributed by atoms with Gasteiger partial charge in [-0.15, -0.1) is 29.7 Å². The summed E-state index contributed by atoms with van der Waals surface area (Å²) < 4.78 is 67.0. The van der Waals surface area contributed by atoms with Crippen molar-refractivity contribution in [1.82, 2.24) is 9.97 Å². The fourth-order valence-electron chi connectivity index (χ4n) is 4.79. The van der Waals surface area contributed by atoms with Crippen LogP contribution in [0.1, 0.15) is 41.5 Å². The van der Waals surface area contributed by atoms with Crippen LogP contribution in [0.4, 0.5) is 19.4 Å². The second-order valence-corrected chi connectivity index (χ2v) is 15.5. The summed E-state index contributed by atoms with van der Waals surface area (Å²) in [5.74, 6) is 0.104. The molecule has 0 fully saturated rings. The summed E-state index contributed by atoms with van der Waals surface area (Å²) in [6.07, 6.45) is 1.33. The predicted octanol–water partition coefficient (Wildman–Crippen LogP) is 11.8. The van der Waals surface area contributed by atoms with Crippen LogP contribution >= 0.6 is 10.2 Å². The first-order chi connectivity index (χ1) is 20.5. The maximum absolute atomic E-state index is 13.4. The molecule has 6 aromatic rings. The Balaban J connectivity index is 0.000000295. The summed E-state index contributed by atoms with van der Waals surface area (Å²) in [5.41, 5.74) is -0.107. The van der Waals surface area contributed by atoms with Gasteiger partial charge in [0.05, 0.1) is 16.6 Å². The Labute approximate surface area is 276 Å². The molecule has 245 valence electrons. The van der Waals surface area contributed by atoms with Crippen LogP contribution in [-0.4, -0.2) is 20.9 Å². The van der Waals surface area contributed by atoms with E-state index in [-0.39, 0.29) is 48.1 Å². The molecule has 6 rings (SSSR count). The molecule has 0 unspecified atom stereocenters. The minimum Gasteiger partial charge on any atom is -0.512 e. The number of ketones is 1. The number of nitrogens with zero attached hydrogens (tertiary/aromatic N) is 2. The Morgan fingerprint density at radius 2 is 1.39 bits per heavy atom. The molecule has 0 bridgehead atoms. The van der Waals surface area contributed by atoms with Gasteiger partial charge in [0.2, 0.25) is 0 Å². The number of carbonyl (C=O) groups excluding carboxylic acids is 1. The number of halogens is 5. The van der Waals surface area contributed by atoms with Gasteiger partial charge in [-0.1, -0.05) is 108 Å². The second-order valence-electron chi connectivity index (χ2n) is 13.1. The second kappa shape index (κ2) is 11.0. The van der Waals surface area contributed by atoms with Crippen LogP contribution < -0.4 is 0 Å². The predicted molar refractivity (Wildman–Crippen MR) is 174 cm³/mol. The van der Waals surface area contributed by atoms with Gasteiger partial charge >= 0.3 is 10.2 Å². The van der Waals surface area contributed by atoms with Crippen molar-refractivity contribution >= 4 is 70.4 Å². The van der Waals surface area contributed by atoms with Crippen molar-refractivity contribution < 1.29 is 49.4 Å². The zero-order chi connectivity index (χ0) is 33.2. The Kier molecular flexibility index (Phi) is 8.39. The van der Waals surface area contributed by atoms with Crippen molar-refractivity contribution in [3.8, 4) is 0 Å². The van der Waals surface area contributed by atoms with Crippen molar-refractivity contribution in [1.29, 1.82) is 0 Å². The van der Waals surface area contributed by atoms with E-state index in [2.05, 4.69) is 16.0 Å². The van der Waals surface area contributed by atoms with E-state index in [1.165, 1.54) is 6.08 Å². The molecule has 0 aliphatic heterocycles. The van der Waals surface area contributed by atoms with E-state index in [4.69, 9.17) is 0 Å². The van der Waals surface area contributed by atoms with E-state index in [9.17, 15) is 29.3 Å². The maximum Gasteiger partial charge on any atom is 0.310 e. The van der Waals surface area contributed by atoms with Crippen molar-refractivity contribution in [2.45, 2.75) is 46.4 Å². The van der Waals surface area contributed by atoms with E-state index in [1.807, 2.05) is 90.1 Å². The summed E-state index contributed by atoms with van der Waals surface area (Å²) in [6.45, 7) is 11.1. The molecule has 0 aliphatic rings. The molecule has 0 spiro atoms. The molecule has 5 aromatic carbocycles. The summed E-state index contributed by atoms with van der Waals surface area (Å²) >= 11 is 0. The average Bonchev–Trinajstić information content (AvgIpc) is 2.94. The quantitative estimate of drug-likeness (QED) is 0.0471. The molecule has 11 heteroatoms. The number of rotatable bonds is 2. The summed E-state index contributed by atoms with van der Waals surface area (Å²) in [6, 6.07) is 21.8. The van der Waals surface area contributed by atoms with E-state index in [0.717, 1.165) is 27.6 Å². The van der Waals surface area contributed by atoms with Gasteiger partial charge in [0.1, 0.15) is 10.7 Å². The molecule has 0 aliphatic carbocycles. The largest absolute Gasteiger partial charge is 0.512 e. The van der Waals surface area contributed by atoms with Gasteiger partial charge in [-0.3, -0.25) is 14.8 Å². The van der Waals surface area contributed by atoms with Gasteiger partial charge in [-0.05, 0) is 34.4 Å². The van der Waals surface area contributed by atoms with Crippen LogP contribution in [0.5, 0.6) is 0 Å². The topological polar surface area (TPSA) is 63.1 Å². The van der Waals surface area contributed by atoms with E-state index >= 15 is 0 Å². The third-order valence-electron chi connectivity index (χ3n) is 7.41.